The summed E-state index contributed by atoms with van der Waals surface area (Å²) in [6, 6.07) is 6.85. The van der Waals surface area contributed by atoms with Crippen LogP contribution >= 0.6 is 22.9 Å². The van der Waals surface area contributed by atoms with Crippen molar-refractivity contribution in [3.8, 4) is 11.3 Å². The Balaban J connectivity index is 2.14. The standard InChI is InChI=1S/C17H17ClN2O3S2/c1-9-8-15(23-19-9)16-11(3)24-12(4)17(16)25(21,22)20-14-7-5-6-13(18)10(14)2/h5-8,20H,1-4H3. The maximum absolute atomic E-state index is 13.1. The Labute approximate surface area is 155 Å². The summed E-state index contributed by atoms with van der Waals surface area (Å²) in [4.78, 5) is 1.76. The van der Waals surface area contributed by atoms with E-state index < -0.39 is 10.0 Å². The van der Waals surface area contributed by atoms with Crippen molar-refractivity contribution in [2.45, 2.75) is 32.6 Å². The van der Waals surface area contributed by atoms with Crippen molar-refractivity contribution in [2.75, 3.05) is 4.72 Å². The summed E-state index contributed by atoms with van der Waals surface area (Å²) >= 11 is 7.51. The molecule has 132 valence electrons. The number of thiophene rings is 1. The summed E-state index contributed by atoms with van der Waals surface area (Å²) in [5.41, 5.74) is 2.38. The first-order chi connectivity index (χ1) is 11.7. The Morgan fingerprint density at radius 1 is 1.16 bits per heavy atom. The van der Waals surface area contributed by atoms with E-state index in [2.05, 4.69) is 9.88 Å². The lowest BCUT2D eigenvalue weighted by Crippen LogP contribution is -2.15. The number of sulfonamides is 1. The van der Waals surface area contributed by atoms with E-state index in [4.69, 9.17) is 16.1 Å². The van der Waals surface area contributed by atoms with Gasteiger partial charge in [-0.2, -0.15) is 0 Å². The quantitative estimate of drug-likeness (QED) is 0.666. The van der Waals surface area contributed by atoms with Crippen LogP contribution in [-0.2, 0) is 10.0 Å². The van der Waals surface area contributed by atoms with Crippen LogP contribution in [0.25, 0.3) is 11.3 Å². The molecule has 25 heavy (non-hydrogen) atoms. The molecule has 8 heteroatoms. The lowest BCUT2D eigenvalue weighted by atomic mass is 10.2. The first kappa shape index (κ1) is 18.0. The molecule has 3 aromatic rings. The summed E-state index contributed by atoms with van der Waals surface area (Å²) < 4.78 is 34.1. The molecule has 0 bridgehead atoms. The van der Waals surface area contributed by atoms with Gasteiger partial charge in [0.25, 0.3) is 10.0 Å². The van der Waals surface area contributed by atoms with E-state index in [9.17, 15) is 8.42 Å². The molecule has 0 amide bonds. The maximum Gasteiger partial charge on any atom is 0.263 e. The van der Waals surface area contributed by atoms with Gasteiger partial charge in [0.2, 0.25) is 0 Å². The number of nitrogens with zero attached hydrogens (tertiary/aromatic N) is 1. The van der Waals surface area contributed by atoms with E-state index in [-0.39, 0.29) is 4.90 Å². The highest BCUT2D eigenvalue weighted by molar-refractivity contribution is 7.93. The Morgan fingerprint density at radius 3 is 2.52 bits per heavy atom. The predicted octanol–water partition coefficient (Wildman–Crippen LogP) is 5.09. The van der Waals surface area contributed by atoms with Crippen molar-refractivity contribution >= 4 is 38.6 Å². The first-order valence-electron chi connectivity index (χ1n) is 7.52. The third-order valence-electron chi connectivity index (χ3n) is 3.86. The second-order valence-corrected chi connectivity index (χ2v) is 9.22. The Hall–Kier alpha value is -1.83. The maximum atomic E-state index is 13.1. The summed E-state index contributed by atoms with van der Waals surface area (Å²) in [6.07, 6.45) is 0. The molecule has 1 aromatic carbocycles. The van der Waals surface area contributed by atoms with Gasteiger partial charge in [0, 0.05) is 20.8 Å². The van der Waals surface area contributed by atoms with Gasteiger partial charge >= 0.3 is 0 Å². The molecule has 1 N–H and O–H groups in total. The van der Waals surface area contributed by atoms with Crippen LogP contribution in [0.15, 0.2) is 33.7 Å². The molecule has 0 spiro atoms. The summed E-state index contributed by atoms with van der Waals surface area (Å²) in [5.74, 6) is 0.447. The number of hydrogen-bond donors (Lipinski definition) is 1. The molecule has 0 aliphatic rings. The predicted molar refractivity (Wildman–Crippen MR) is 101 cm³/mol. The largest absolute Gasteiger partial charge is 0.356 e. The average molecular weight is 397 g/mol. The number of rotatable bonds is 4. The van der Waals surface area contributed by atoms with Crippen LogP contribution in [0.3, 0.4) is 0 Å². The van der Waals surface area contributed by atoms with Crippen molar-refractivity contribution in [1.82, 2.24) is 5.16 Å². The van der Waals surface area contributed by atoms with E-state index in [1.807, 2.05) is 6.92 Å². The molecule has 0 atom stereocenters. The van der Waals surface area contributed by atoms with Gasteiger partial charge < -0.3 is 4.52 Å². The number of aromatic nitrogens is 1. The minimum atomic E-state index is -3.82. The summed E-state index contributed by atoms with van der Waals surface area (Å²) in [7, 11) is -3.82. The molecule has 0 aliphatic carbocycles. The molecule has 3 rings (SSSR count). The zero-order valence-corrected chi connectivity index (χ0v) is 16.6. The SMILES string of the molecule is Cc1cc(-c2c(C)sc(C)c2S(=O)(=O)Nc2cccc(Cl)c2C)on1. The highest BCUT2D eigenvalue weighted by Gasteiger charge is 2.28. The number of benzene rings is 1. The fourth-order valence-corrected chi connectivity index (χ4v) is 5.83. The molecule has 0 fully saturated rings. The van der Waals surface area contributed by atoms with Crippen molar-refractivity contribution in [1.29, 1.82) is 0 Å². The Morgan fingerprint density at radius 2 is 1.88 bits per heavy atom. The van der Waals surface area contributed by atoms with Gasteiger partial charge in [-0.05, 0) is 45.4 Å². The fraction of sp³-hybridized carbons (Fsp3) is 0.235. The van der Waals surface area contributed by atoms with Crippen LogP contribution in [0.1, 0.15) is 21.0 Å². The molecular weight excluding hydrogens is 380 g/mol. The van der Waals surface area contributed by atoms with E-state index >= 15 is 0 Å². The monoisotopic (exact) mass is 396 g/mol. The molecular formula is C17H17ClN2O3S2. The Bertz CT molecular complexity index is 1050. The molecule has 0 saturated heterocycles. The lowest BCUT2D eigenvalue weighted by Gasteiger charge is -2.12. The number of anilines is 1. The van der Waals surface area contributed by atoms with E-state index in [0.29, 0.717) is 38.2 Å². The van der Waals surface area contributed by atoms with Gasteiger partial charge in [0.05, 0.1) is 16.9 Å². The van der Waals surface area contributed by atoms with Crippen molar-refractivity contribution in [3.05, 3.63) is 50.3 Å². The minimum absolute atomic E-state index is 0.213. The normalized spacial score (nSPS) is 11.7. The van der Waals surface area contributed by atoms with E-state index in [1.165, 1.54) is 11.3 Å². The van der Waals surface area contributed by atoms with Gasteiger partial charge in [-0.15, -0.1) is 11.3 Å². The van der Waals surface area contributed by atoms with Gasteiger partial charge in [0.15, 0.2) is 5.76 Å². The minimum Gasteiger partial charge on any atom is -0.356 e. The van der Waals surface area contributed by atoms with Crippen molar-refractivity contribution < 1.29 is 12.9 Å². The zero-order chi connectivity index (χ0) is 18.4. The Kier molecular flexibility index (Phi) is 4.66. The summed E-state index contributed by atoms with van der Waals surface area (Å²) in [5, 5.41) is 4.38. The van der Waals surface area contributed by atoms with Gasteiger partial charge in [-0.25, -0.2) is 8.42 Å². The number of aryl methyl sites for hydroxylation is 3. The van der Waals surface area contributed by atoms with Gasteiger partial charge in [-0.3, -0.25) is 4.72 Å². The summed E-state index contributed by atoms with van der Waals surface area (Å²) in [6.45, 7) is 7.22. The third kappa shape index (κ3) is 3.31. The van der Waals surface area contributed by atoms with Crippen LogP contribution in [0.5, 0.6) is 0 Å². The highest BCUT2D eigenvalue weighted by Crippen LogP contribution is 2.40. The average Bonchev–Trinajstić information content (AvgIpc) is 3.06. The van der Waals surface area contributed by atoms with Crippen LogP contribution in [-0.4, -0.2) is 13.6 Å². The second kappa shape index (κ2) is 6.48. The van der Waals surface area contributed by atoms with Gasteiger partial charge in [0.1, 0.15) is 4.90 Å². The number of halogens is 1. The molecule has 0 aliphatic heterocycles. The third-order valence-corrected chi connectivity index (χ3v) is 6.96. The van der Waals surface area contributed by atoms with Crippen LogP contribution in [0, 0.1) is 27.7 Å². The first-order valence-corrected chi connectivity index (χ1v) is 10.2. The van der Waals surface area contributed by atoms with Crippen LogP contribution in [0.2, 0.25) is 5.02 Å². The zero-order valence-electron chi connectivity index (χ0n) is 14.2. The van der Waals surface area contributed by atoms with Gasteiger partial charge in [-0.1, -0.05) is 22.8 Å². The fourth-order valence-electron chi connectivity index (χ4n) is 2.67. The smallest absolute Gasteiger partial charge is 0.263 e. The van der Waals surface area contributed by atoms with Crippen molar-refractivity contribution in [2.24, 2.45) is 0 Å². The van der Waals surface area contributed by atoms with E-state index in [1.54, 1.807) is 45.0 Å². The second-order valence-electron chi connectivity index (χ2n) is 5.77. The topological polar surface area (TPSA) is 72.2 Å². The molecule has 0 saturated carbocycles. The molecule has 2 aromatic heterocycles. The molecule has 0 radical (unpaired) electrons. The van der Waals surface area contributed by atoms with Crippen molar-refractivity contribution in [3.63, 3.8) is 0 Å². The lowest BCUT2D eigenvalue weighted by molar-refractivity contribution is 0.426. The highest BCUT2D eigenvalue weighted by atomic mass is 35.5. The number of hydrogen-bond acceptors (Lipinski definition) is 5. The number of nitrogens with one attached hydrogen (secondary N) is 1. The van der Waals surface area contributed by atoms with Crippen LogP contribution in [0.4, 0.5) is 5.69 Å². The molecule has 2 heterocycles. The molecule has 0 unspecified atom stereocenters. The molecule has 5 nitrogen and oxygen atoms in total. The van der Waals surface area contributed by atoms with E-state index in [0.717, 1.165) is 4.88 Å². The van der Waals surface area contributed by atoms with Crippen LogP contribution < -0.4 is 4.72 Å².